The van der Waals surface area contributed by atoms with Gasteiger partial charge in [0.2, 0.25) is 5.43 Å². The number of fused-ring (bicyclic) bond motifs is 1. The van der Waals surface area contributed by atoms with Crippen molar-refractivity contribution in [3.8, 4) is 34.1 Å². The van der Waals surface area contributed by atoms with Gasteiger partial charge >= 0.3 is 0 Å². The van der Waals surface area contributed by atoms with Crippen molar-refractivity contribution in [1.82, 2.24) is 0 Å². The first-order valence-electron chi connectivity index (χ1n) is 8.33. The Bertz CT molecular complexity index is 1100. The summed E-state index contributed by atoms with van der Waals surface area (Å²) >= 11 is 0. The molecule has 0 radical (unpaired) electrons. The van der Waals surface area contributed by atoms with Crippen LogP contribution in [0.2, 0.25) is 0 Å². The van der Waals surface area contributed by atoms with Gasteiger partial charge in [-0.25, -0.2) is 0 Å². The smallest absolute Gasteiger partial charge is 0.200 e. The maximum atomic E-state index is 12.9. The molecule has 6 heteroatoms. The molecule has 3 rings (SSSR count). The van der Waals surface area contributed by atoms with Crippen molar-refractivity contribution in [2.75, 3.05) is 7.11 Å². The summed E-state index contributed by atoms with van der Waals surface area (Å²) in [6.45, 7) is 3.86. The van der Waals surface area contributed by atoms with E-state index in [9.17, 15) is 20.1 Å². The predicted molar refractivity (Wildman–Crippen MR) is 103 cm³/mol. The number of hydrogen-bond acceptors (Lipinski definition) is 6. The number of phenols is 3. The number of phenolic OH excluding ortho intramolecular Hbond substituents is 3. The lowest BCUT2D eigenvalue weighted by atomic mass is 9.97. The molecular weight excluding hydrogens is 348 g/mol. The van der Waals surface area contributed by atoms with Crippen LogP contribution < -0.4 is 10.2 Å². The molecule has 0 saturated heterocycles. The summed E-state index contributed by atoms with van der Waals surface area (Å²) in [5.41, 5.74) is 1.60. The molecule has 0 aliphatic rings. The van der Waals surface area contributed by atoms with Crippen molar-refractivity contribution in [2.45, 2.75) is 20.3 Å². The van der Waals surface area contributed by atoms with Crippen LogP contribution >= 0.6 is 0 Å². The molecular formula is C21H20O6. The molecule has 0 aliphatic heterocycles. The van der Waals surface area contributed by atoms with Crippen LogP contribution in [0, 0.1) is 0 Å². The van der Waals surface area contributed by atoms with E-state index < -0.39 is 0 Å². The molecule has 3 N–H and O–H groups in total. The van der Waals surface area contributed by atoms with Crippen LogP contribution in [0.25, 0.3) is 22.1 Å². The first-order chi connectivity index (χ1) is 12.8. The molecule has 140 valence electrons. The van der Waals surface area contributed by atoms with Gasteiger partial charge in [0.15, 0.2) is 0 Å². The van der Waals surface area contributed by atoms with E-state index in [0.29, 0.717) is 12.0 Å². The minimum atomic E-state index is -0.385. The Morgan fingerprint density at radius 2 is 1.89 bits per heavy atom. The molecule has 0 aliphatic carbocycles. The van der Waals surface area contributed by atoms with Gasteiger partial charge in [0, 0.05) is 17.7 Å². The van der Waals surface area contributed by atoms with E-state index >= 15 is 0 Å². The highest BCUT2D eigenvalue weighted by Crippen LogP contribution is 2.44. The van der Waals surface area contributed by atoms with Gasteiger partial charge in [-0.15, -0.1) is 0 Å². The fourth-order valence-electron chi connectivity index (χ4n) is 2.95. The second kappa shape index (κ2) is 7.07. The summed E-state index contributed by atoms with van der Waals surface area (Å²) in [7, 11) is 1.41. The Kier molecular flexibility index (Phi) is 4.81. The molecule has 2 aromatic carbocycles. The number of rotatable bonds is 4. The van der Waals surface area contributed by atoms with Gasteiger partial charge in [0.1, 0.15) is 34.8 Å². The van der Waals surface area contributed by atoms with Crippen molar-refractivity contribution >= 4 is 11.0 Å². The van der Waals surface area contributed by atoms with E-state index in [2.05, 4.69) is 0 Å². The highest BCUT2D eigenvalue weighted by Gasteiger charge is 2.23. The van der Waals surface area contributed by atoms with E-state index in [-0.39, 0.29) is 50.5 Å². The lowest BCUT2D eigenvalue weighted by Crippen LogP contribution is -2.07. The lowest BCUT2D eigenvalue weighted by molar-refractivity contribution is 0.394. The molecule has 1 heterocycles. The van der Waals surface area contributed by atoms with Gasteiger partial charge in [-0.05, 0) is 32.4 Å². The Balaban J connectivity index is 2.31. The van der Waals surface area contributed by atoms with Crippen molar-refractivity contribution in [3.63, 3.8) is 0 Å². The summed E-state index contributed by atoms with van der Waals surface area (Å²) in [5.74, 6) is -0.237. The summed E-state index contributed by atoms with van der Waals surface area (Å²) in [6, 6.07) is 5.37. The van der Waals surface area contributed by atoms with Crippen LogP contribution in [0.15, 0.2) is 51.4 Å². The third kappa shape index (κ3) is 3.33. The first kappa shape index (κ1) is 18.4. The zero-order valence-corrected chi connectivity index (χ0v) is 15.2. The molecule has 0 bridgehead atoms. The van der Waals surface area contributed by atoms with Crippen LogP contribution in [-0.4, -0.2) is 22.4 Å². The van der Waals surface area contributed by atoms with Gasteiger partial charge in [0.25, 0.3) is 0 Å². The normalized spacial score (nSPS) is 10.8. The maximum Gasteiger partial charge on any atom is 0.200 e. The van der Waals surface area contributed by atoms with Gasteiger partial charge in [-0.1, -0.05) is 11.6 Å². The van der Waals surface area contributed by atoms with Crippen molar-refractivity contribution < 1.29 is 24.5 Å². The summed E-state index contributed by atoms with van der Waals surface area (Å²) < 4.78 is 10.9. The molecule has 0 amide bonds. The van der Waals surface area contributed by atoms with Crippen LogP contribution in [0.3, 0.4) is 0 Å². The minimum Gasteiger partial charge on any atom is -0.508 e. The lowest BCUT2D eigenvalue weighted by Gasteiger charge is -2.16. The number of benzene rings is 2. The molecule has 0 saturated carbocycles. The third-order valence-electron chi connectivity index (χ3n) is 4.29. The minimum absolute atomic E-state index is 0.0209. The Morgan fingerprint density at radius 1 is 1.15 bits per heavy atom. The molecule has 3 aromatic rings. The average Bonchev–Trinajstić information content (AvgIpc) is 2.61. The van der Waals surface area contributed by atoms with E-state index in [0.717, 1.165) is 5.57 Å². The second-order valence-corrected chi connectivity index (χ2v) is 6.45. The van der Waals surface area contributed by atoms with Gasteiger partial charge < -0.3 is 24.5 Å². The third-order valence-corrected chi connectivity index (χ3v) is 4.29. The summed E-state index contributed by atoms with van der Waals surface area (Å²) in [6.07, 6.45) is 3.49. The number of methoxy groups -OCH3 is 1. The van der Waals surface area contributed by atoms with Gasteiger partial charge in [-0.3, -0.25) is 4.79 Å². The van der Waals surface area contributed by atoms with Crippen molar-refractivity contribution in [2.24, 2.45) is 0 Å². The summed E-state index contributed by atoms with van der Waals surface area (Å²) in [4.78, 5) is 12.9. The topological polar surface area (TPSA) is 100 Å². The van der Waals surface area contributed by atoms with E-state index in [1.54, 1.807) is 0 Å². The molecule has 27 heavy (non-hydrogen) atoms. The fraction of sp³-hybridized carbons (Fsp3) is 0.190. The molecule has 0 unspecified atom stereocenters. The Labute approximate surface area is 155 Å². The zero-order valence-electron chi connectivity index (χ0n) is 15.2. The number of ether oxygens (including phenoxy) is 1. The van der Waals surface area contributed by atoms with Crippen LogP contribution in [0.5, 0.6) is 23.0 Å². The highest BCUT2D eigenvalue weighted by atomic mass is 16.5. The quantitative estimate of drug-likeness (QED) is 0.600. The molecule has 0 spiro atoms. The van der Waals surface area contributed by atoms with Gasteiger partial charge in [0.05, 0.1) is 23.6 Å². The number of hydrogen-bond donors (Lipinski definition) is 3. The monoisotopic (exact) mass is 368 g/mol. The van der Waals surface area contributed by atoms with Crippen LogP contribution in [0.1, 0.15) is 19.4 Å². The Morgan fingerprint density at radius 3 is 2.56 bits per heavy atom. The summed E-state index contributed by atoms with van der Waals surface area (Å²) in [5, 5.41) is 30.5. The number of allylic oxidation sites excluding steroid dienone is 2. The number of aromatic hydroxyl groups is 3. The van der Waals surface area contributed by atoms with E-state index in [1.807, 2.05) is 19.9 Å². The Hall–Kier alpha value is -3.41. The van der Waals surface area contributed by atoms with Crippen molar-refractivity contribution in [3.05, 3.63) is 58.0 Å². The van der Waals surface area contributed by atoms with Crippen LogP contribution in [0.4, 0.5) is 0 Å². The zero-order chi connectivity index (χ0) is 19.7. The second-order valence-electron chi connectivity index (χ2n) is 6.45. The predicted octanol–water partition coefficient (Wildman–Crippen LogP) is 4.09. The molecule has 0 fully saturated rings. The molecule has 6 nitrogen and oxygen atoms in total. The van der Waals surface area contributed by atoms with Crippen molar-refractivity contribution in [1.29, 1.82) is 0 Å². The maximum absolute atomic E-state index is 12.9. The average molecular weight is 368 g/mol. The van der Waals surface area contributed by atoms with Crippen LogP contribution in [-0.2, 0) is 6.42 Å². The van der Waals surface area contributed by atoms with E-state index in [1.165, 1.54) is 37.6 Å². The SMILES string of the molecule is COc1c(CC=C(C)C)c(O)cc(O)c1-c1coc2cc(O)ccc2c1=O. The largest absolute Gasteiger partial charge is 0.508 e. The first-order valence-corrected chi connectivity index (χ1v) is 8.33. The molecule has 1 aromatic heterocycles. The van der Waals surface area contributed by atoms with E-state index in [4.69, 9.17) is 9.15 Å². The standard InChI is InChI=1S/C21H20O6/c1-11(2)4-6-13-16(23)9-17(24)19(21(13)26-3)15-10-27-18-8-12(22)5-7-14(18)20(15)25/h4-5,7-10,22-24H,6H2,1-3H3. The van der Waals surface area contributed by atoms with Gasteiger partial charge in [-0.2, -0.15) is 0 Å². The fourth-order valence-corrected chi connectivity index (χ4v) is 2.95. The highest BCUT2D eigenvalue weighted by molar-refractivity contribution is 5.87. The molecule has 0 atom stereocenters.